The summed E-state index contributed by atoms with van der Waals surface area (Å²) in [6, 6.07) is 5.04. The predicted octanol–water partition coefficient (Wildman–Crippen LogP) is 2.27. The Morgan fingerprint density at radius 2 is 2.22 bits per heavy atom. The lowest BCUT2D eigenvalue weighted by molar-refractivity contribution is 0.0698. The number of para-hydroxylation sites is 1. The molecular formula is C12H15N3O2S. The summed E-state index contributed by atoms with van der Waals surface area (Å²) in [4.78, 5) is 11.2. The van der Waals surface area contributed by atoms with E-state index in [4.69, 9.17) is 0 Å². The van der Waals surface area contributed by atoms with E-state index in [-0.39, 0.29) is 10.3 Å². The van der Waals surface area contributed by atoms with Gasteiger partial charge in [0.2, 0.25) is 0 Å². The summed E-state index contributed by atoms with van der Waals surface area (Å²) >= 11 is 1.71. The van der Waals surface area contributed by atoms with Crippen molar-refractivity contribution in [3.63, 3.8) is 0 Å². The van der Waals surface area contributed by atoms with E-state index in [0.717, 1.165) is 0 Å². The molecule has 2 rings (SSSR count). The third-order valence-corrected chi connectivity index (χ3v) is 4.08. The zero-order valence-corrected chi connectivity index (χ0v) is 11.4. The molecule has 5 nitrogen and oxygen atoms in total. The van der Waals surface area contributed by atoms with Gasteiger partial charge in [0.1, 0.15) is 11.0 Å². The molecule has 6 heteroatoms. The van der Waals surface area contributed by atoms with Crippen molar-refractivity contribution in [1.29, 1.82) is 0 Å². The Morgan fingerprint density at radius 3 is 2.83 bits per heavy atom. The monoisotopic (exact) mass is 265 g/mol. The maximum absolute atomic E-state index is 11.2. The highest BCUT2D eigenvalue weighted by molar-refractivity contribution is 7.99. The van der Waals surface area contributed by atoms with Gasteiger partial charge in [-0.1, -0.05) is 11.3 Å². The number of rotatable bonds is 4. The molecule has 0 amide bonds. The Bertz CT molecular complexity index is 592. The zero-order valence-electron chi connectivity index (χ0n) is 10.5. The average molecular weight is 265 g/mol. The molecule has 0 unspecified atom stereocenters. The van der Waals surface area contributed by atoms with Crippen LogP contribution in [0.2, 0.25) is 0 Å². The van der Waals surface area contributed by atoms with Crippen LogP contribution < -0.4 is 0 Å². The fraction of sp³-hybridized carbons (Fsp3) is 0.417. The minimum Gasteiger partial charge on any atom is -0.478 e. The number of nitrogens with zero attached hydrogens (tertiary/aromatic N) is 3. The zero-order chi connectivity index (χ0) is 13.3. The molecule has 0 spiro atoms. The van der Waals surface area contributed by atoms with Crippen LogP contribution in [0.15, 0.2) is 18.2 Å². The van der Waals surface area contributed by atoms with E-state index in [1.807, 2.05) is 6.26 Å². The Labute approximate surface area is 109 Å². The smallest absolute Gasteiger partial charge is 0.337 e. The van der Waals surface area contributed by atoms with Crippen LogP contribution in [0.3, 0.4) is 0 Å². The summed E-state index contributed by atoms with van der Waals surface area (Å²) in [5.74, 6) is -0.953. The maximum Gasteiger partial charge on any atom is 0.337 e. The first kappa shape index (κ1) is 12.9. The second-order valence-electron chi connectivity index (χ2n) is 4.69. The van der Waals surface area contributed by atoms with Crippen molar-refractivity contribution in [3.8, 4) is 0 Å². The van der Waals surface area contributed by atoms with Crippen LogP contribution in [0.4, 0.5) is 0 Å². The first-order valence-electron chi connectivity index (χ1n) is 5.55. The topological polar surface area (TPSA) is 68.0 Å². The highest BCUT2D eigenvalue weighted by atomic mass is 32.2. The normalized spacial score (nSPS) is 11.9. The fourth-order valence-electron chi connectivity index (χ4n) is 1.74. The van der Waals surface area contributed by atoms with Crippen molar-refractivity contribution in [2.45, 2.75) is 25.1 Å². The number of hydrogen-bond acceptors (Lipinski definition) is 4. The highest BCUT2D eigenvalue weighted by Gasteiger charge is 2.21. The molecule has 96 valence electrons. The van der Waals surface area contributed by atoms with Crippen molar-refractivity contribution in [1.82, 2.24) is 15.0 Å². The van der Waals surface area contributed by atoms with Gasteiger partial charge in [0.15, 0.2) is 0 Å². The first-order valence-corrected chi connectivity index (χ1v) is 6.78. The van der Waals surface area contributed by atoms with E-state index in [0.29, 0.717) is 17.6 Å². The van der Waals surface area contributed by atoms with Crippen LogP contribution in [0.1, 0.15) is 24.2 Å². The van der Waals surface area contributed by atoms with E-state index in [2.05, 4.69) is 24.2 Å². The third-order valence-electron chi connectivity index (χ3n) is 2.85. The Morgan fingerprint density at radius 1 is 1.50 bits per heavy atom. The molecule has 0 aliphatic rings. The number of fused-ring (bicyclic) bond motifs is 1. The van der Waals surface area contributed by atoms with Crippen LogP contribution in [0.25, 0.3) is 11.0 Å². The molecule has 0 fully saturated rings. The highest BCUT2D eigenvalue weighted by Crippen LogP contribution is 2.25. The molecule has 0 radical (unpaired) electrons. The quantitative estimate of drug-likeness (QED) is 0.918. The van der Waals surface area contributed by atoms with Gasteiger partial charge in [-0.25, -0.2) is 9.48 Å². The molecule has 2 aromatic rings. The van der Waals surface area contributed by atoms with Gasteiger partial charge in [-0.05, 0) is 32.2 Å². The largest absolute Gasteiger partial charge is 0.478 e. The molecule has 0 saturated heterocycles. The van der Waals surface area contributed by atoms with Crippen LogP contribution >= 0.6 is 11.8 Å². The second-order valence-corrected chi connectivity index (χ2v) is 6.20. The van der Waals surface area contributed by atoms with Gasteiger partial charge in [-0.15, -0.1) is 5.10 Å². The van der Waals surface area contributed by atoms with E-state index in [1.165, 1.54) is 0 Å². The number of thioether (sulfide) groups is 1. The summed E-state index contributed by atoms with van der Waals surface area (Å²) in [6.07, 6.45) is 2.03. The lowest BCUT2D eigenvalue weighted by Crippen LogP contribution is -2.23. The number of carboxylic acids is 1. The summed E-state index contributed by atoms with van der Waals surface area (Å²) in [5, 5.41) is 17.3. The van der Waals surface area contributed by atoms with E-state index in [1.54, 1.807) is 34.6 Å². The molecular weight excluding hydrogens is 250 g/mol. The molecule has 0 saturated carbocycles. The van der Waals surface area contributed by atoms with Crippen molar-refractivity contribution in [3.05, 3.63) is 23.8 Å². The maximum atomic E-state index is 11.2. The summed E-state index contributed by atoms with van der Waals surface area (Å²) in [5.41, 5.74) is 1.45. The average Bonchev–Trinajstić information content (AvgIpc) is 2.72. The SMILES string of the molecule is CSC(C)(C)Cn1nnc2cccc(C(=O)O)c21. The van der Waals surface area contributed by atoms with Crippen molar-refractivity contribution < 1.29 is 9.90 Å². The summed E-state index contributed by atoms with van der Waals surface area (Å²) in [7, 11) is 0. The van der Waals surface area contributed by atoms with Crippen molar-refractivity contribution >= 4 is 28.8 Å². The summed E-state index contributed by atoms with van der Waals surface area (Å²) < 4.78 is 1.65. The summed E-state index contributed by atoms with van der Waals surface area (Å²) in [6.45, 7) is 4.80. The van der Waals surface area contributed by atoms with Crippen LogP contribution in [-0.2, 0) is 6.54 Å². The van der Waals surface area contributed by atoms with Crippen molar-refractivity contribution in [2.75, 3.05) is 6.26 Å². The van der Waals surface area contributed by atoms with Crippen molar-refractivity contribution in [2.24, 2.45) is 0 Å². The Kier molecular flexibility index (Phi) is 3.30. The van der Waals surface area contributed by atoms with Crippen LogP contribution in [0, 0.1) is 0 Å². The third kappa shape index (κ3) is 2.33. The molecule has 1 aromatic carbocycles. The van der Waals surface area contributed by atoms with Gasteiger partial charge < -0.3 is 5.11 Å². The molecule has 1 heterocycles. The Hall–Kier alpha value is -1.56. The Balaban J connectivity index is 2.55. The minimum absolute atomic E-state index is 0.0216. The molecule has 0 aliphatic carbocycles. The first-order chi connectivity index (χ1) is 8.44. The van der Waals surface area contributed by atoms with Gasteiger partial charge in [-0.3, -0.25) is 0 Å². The van der Waals surface area contributed by atoms with Gasteiger partial charge >= 0.3 is 5.97 Å². The van der Waals surface area contributed by atoms with E-state index in [9.17, 15) is 9.90 Å². The van der Waals surface area contributed by atoms with Gasteiger partial charge in [-0.2, -0.15) is 11.8 Å². The predicted molar refractivity (Wildman–Crippen MR) is 72.1 cm³/mol. The lowest BCUT2D eigenvalue weighted by atomic mass is 10.1. The van der Waals surface area contributed by atoms with E-state index < -0.39 is 5.97 Å². The number of hydrogen-bond donors (Lipinski definition) is 1. The molecule has 18 heavy (non-hydrogen) atoms. The van der Waals surface area contributed by atoms with Crippen LogP contribution in [0.5, 0.6) is 0 Å². The van der Waals surface area contributed by atoms with Gasteiger partial charge in [0.25, 0.3) is 0 Å². The molecule has 1 aromatic heterocycles. The van der Waals surface area contributed by atoms with Crippen LogP contribution in [-0.4, -0.2) is 37.1 Å². The fourth-order valence-corrected chi connectivity index (χ4v) is 1.99. The standard InChI is InChI=1S/C12H15N3O2S/c1-12(2,18-3)7-15-10-8(11(16)17)5-4-6-9(10)13-14-15/h4-6H,7H2,1-3H3,(H,16,17). The second kappa shape index (κ2) is 4.61. The number of aromatic nitrogens is 3. The van der Waals surface area contributed by atoms with Gasteiger partial charge in [0.05, 0.1) is 12.1 Å². The number of aromatic carboxylic acids is 1. The van der Waals surface area contributed by atoms with Gasteiger partial charge in [0, 0.05) is 4.75 Å². The minimum atomic E-state index is -0.953. The number of carboxylic acid groups (broad SMARTS) is 1. The number of carbonyl (C=O) groups is 1. The molecule has 0 aliphatic heterocycles. The lowest BCUT2D eigenvalue weighted by Gasteiger charge is -2.21. The molecule has 1 N–H and O–H groups in total. The molecule has 0 atom stereocenters. The molecule has 0 bridgehead atoms. The van der Waals surface area contributed by atoms with E-state index >= 15 is 0 Å². The number of benzene rings is 1.